The first-order valence-electron chi connectivity index (χ1n) is 5.76. The van der Waals surface area contributed by atoms with Crippen molar-refractivity contribution in [1.29, 1.82) is 0 Å². The summed E-state index contributed by atoms with van der Waals surface area (Å²) >= 11 is 3.48. The van der Waals surface area contributed by atoms with E-state index < -0.39 is 0 Å². The molecule has 2 N–H and O–H groups in total. The molecule has 5 heteroatoms. The Morgan fingerprint density at radius 1 is 1.50 bits per heavy atom. The van der Waals surface area contributed by atoms with Gasteiger partial charge in [0, 0.05) is 12.6 Å². The van der Waals surface area contributed by atoms with Gasteiger partial charge in [-0.05, 0) is 35.2 Å². The van der Waals surface area contributed by atoms with Crippen molar-refractivity contribution in [2.45, 2.75) is 38.6 Å². The molecule has 1 saturated carbocycles. The topological polar surface area (TPSA) is 55.0 Å². The lowest BCUT2D eigenvalue weighted by Crippen LogP contribution is -2.28. The number of nitrogens with zero attached hydrogens (tertiary/aromatic N) is 3. The fourth-order valence-electron chi connectivity index (χ4n) is 1.75. The highest BCUT2D eigenvalue weighted by Gasteiger charge is 2.31. The number of unbranched alkanes of at least 4 members (excludes halogenated alkanes) is 1. The Morgan fingerprint density at radius 3 is 2.88 bits per heavy atom. The predicted molar refractivity (Wildman–Crippen MR) is 69.4 cm³/mol. The second-order valence-electron chi connectivity index (χ2n) is 4.17. The van der Waals surface area contributed by atoms with Crippen LogP contribution in [0.3, 0.4) is 0 Å². The quantitative estimate of drug-likeness (QED) is 0.903. The molecule has 0 saturated heterocycles. The van der Waals surface area contributed by atoms with Gasteiger partial charge in [0.2, 0.25) is 0 Å². The van der Waals surface area contributed by atoms with Crippen LogP contribution in [0.15, 0.2) is 10.8 Å². The van der Waals surface area contributed by atoms with Crippen molar-refractivity contribution < 1.29 is 0 Å². The second kappa shape index (κ2) is 4.99. The van der Waals surface area contributed by atoms with Gasteiger partial charge in [0.05, 0.1) is 0 Å². The molecule has 0 amide bonds. The molecule has 0 radical (unpaired) electrons. The number of rotatable bonds is 5. The van der Waals surface area contributed by atoms with Crippen LogP contribution in [0.2, 0.25) is 0 Å². The van der Waals surface area contributed by atoms with Gasteiger partial charge in [-0.25, -0.2) is 9.97 Å². The number of halogens is 1. The third kappa shape index (κ3) is 2.45. The average Bonchev–Trinajstić information content (AvgIpc) is 3.08. The van der Waals surface area contributed by atoms with Crippen molar-refractivity contribution in [2.75, 3.05) is 17.2 Å². The molecule has 1 aliphatic carbocycles. The maximum absolute atomic E-state index is 5.78. The smallest absolute Gasteiger partial charge is 0.148 e. The van der Waals surface area contributed by atoms with E-state index in [9.17, 15) is 0 Å². The van der Waals surface area contributed by atoms with Gasteiger partial charge in [-0.2, -0.15) is 0 Å². The lowest BCUT2D eigenvalue weighted by Gasteiger charge is -2.24. The van der Waals surface area contributed by atoms with Crippen LogP contribution in [0.25, 0.3) is 0 Å². The summed E-state index contributed by atoms with van der Waals surface area (Å²) in [5.74, 6) is 1.47. The highest BCUT2D eigenvalue weighted by Crippen LogP contribution is 2.35. The summed E-state index contributed by atoms with van der Waals surface area (Å²) in [6.07, 6.45) is 6.45. The Balaban J connectivity index is 2.20. The minimum atomic E-state index is 0.521. The summed E-state index contributed by atoms with van der Waals surface area (Å²) in [4.78, 5) is 10.7. The van der Waals surface area contributed by atoms with Gasteiger partial charge in [-0.3, -0.25) is 0 Å². The van der Waals surface area contributed by atoms with Crippen molar-refractivity contribution in [3.05, 3.63) is 10.8 Å². The SMILES string of the molecule is CCCCN(c1ncnc(N)c1Br)C1CC1. The largest absolute Gasteiger partial charge is 0.383 e. The molecule has 2 rings (SSSR count). The number of hydrogen-bond donors (Lipinski definition) is 1. The highest BCUT2D eigenvalue weighted by molar-refractivity contribution is 9.10. The Morgan fingerprint density at radius 2 is 2.25 bits per heavy atom. The lowest BCUT2D eigenvalue weighted by atomic mass is 10.3. The van der Waals surface area contributed by atoms with Gasteiger partial charge in [0.1, 0.15) is 22.4 Å². The van der Waals surface area contributed by atoms with Crippen LogP contribution in [0.4, 0.5) is 11.6 Å². The van der Waals surface area contributed by atoms with Crippen LogP contribution in [-0.2, 0) is 0 Å². The summed E-state index contributed by atoms with van der Waals surface area (Å²) in [5, 5.41) is 0. The molecule has 1 heterocycles. The zero-order chi connectivity index (χ0) is 11.5. The van der Waals surface area contributed by atoms with E-state index in [4.69, 9.17) is 5.73 Å². The summed E-state index contributed by atoms with van der Waals surface area (Å²) in [5.41, 5.74) is 5.78. The first-order chi connectivity index (χ1) is 7.74. The lowest BCUT2D eigenvalue weighted by molar-refractivity contribution is 0.702. The normalized spacial score (nSPS) is 15.1. The number of aromatic nitrogens is 2. The number of nitrogens with two attached hydrogens (primary N) is 1. The van der Waals surface area contributed by atoms with E-state index >= 15 is 0 Å². The molecule has 1 aliphatic rings. The van der Waals surface area contributed by atoms with Gasteiger partial charge in [0.25, 0.3) is 0 Å². The van der Waals surface area contributed by atoms with E-state index in [1.807, 2.05) is 0 Å². The Kier molecular flexibility index (Phi) is 3.63. The molecule has 1 aromatic rings. The minimum Gasteiger partial charge on any atom is -0.383 e. The number of nitrogen functional groups attached to an aromatic ring is 1. The summed E-state index contributed by atoms with van der Waals surface area (Å²) in [6, 6.07) is 0.650. The van der Waals surface area contributed by atoms with Gasteiger partial charge < -0.3 is 10.6 Å². The molecule has 88 valence electrons. The van der Waals surface area contributed by atoms with Crippen LogP contribution in [-0.4, -0.2) is 22.6 Å². The third-order valence-electron chi connectivity index (χ3n) is 2.81. The monoisotopic (exact) mass is 284 g/mol. The highest BCUT2D eigenvalue weighted by atomic mass is 79.9. The molecule has 1 fully saturated rings. The summed E-state index contributed by atoms with van der Waals surface area (Å²) in [7, 11) is 0. The second-order valence-corrected chi connectivity index (χ2v) is 4.97. The molecule has 4 nitrogen and oxygen atoms in total. The maximum atomic E-state index is 5.78. The predicted octanol–water partition coefficient (Wildman–Crippen LogP) is 2.59. The van der Waals surface area contributed by atoms with Crippen LogP contribution in [0.5, 0.6) is 0 Å². The number of hydrogen-bond acceptors (Lipinski definition) is 4. The van der Waals surface area contributed by atoms with E-state index in [1.54, 1.807) is 0 Å². The molecular formula is C11H17BrN4. The minimum absolute atomic E-state index is 0.521. The van der Waals surface area contributed by atoms with Crippen LogP contribution >= 0.6 is 15.9 Å². The van der Waals surface area contributed by atoms with Crippen LogP contribution in [0, 0.1) is 0 Å². The Hall–Kier alpha value is -0.840. The molecule has 0 atom stereocenters. The van der Waals surface area contributed by atoms with E-state index in [2.05, 4.69) is 37.7 Å². The molecule has 1 aromatic heterocycles. The summed E-state index contributed by atoms with van der Waals surface area (Å²) in [6.45, 7) is 3.25. The Bertz CT molecular complexity index is 365. The van der Waals surface area contributed by atoms with Crippen LogP contribution in [0.1, 0.15) is 32.6 Å². The summed E-state index contributed by atoms with van der Waals surface area (Å²) < 4.78 is 0.831. The van der Waals surface area contributed by atoms with Crippen molar-refractivity contribution in [3.63, 3.8) is 0 Å². The fourth-order valence-corrected chi connectivity index (χ4v) is 2.18. The van der Waals surface area contributed by atoms with Crippen molar-refractivity contribution in [2.24, 2.45) is 0 Å². The van der Waals surface area contributed by atoms with Crippen molar-refractivity contribution >= 4 is 27.6 Å². The fraction of sp³-hybridized carbons (Fsp3) is 0.636. The first kappa shape index (κ1) is 11.6. The van der Waals surface area contributed by atoms with Crippen molar-refractivity contribution in [1.82, 2.24) is 9.97 Å². The van der Waals surface area contributed by atoms with Gasteiger partial charge in [-0.15, -0.1) is 0 Å². The van der Waals surface area contributed by atoms with Gasteiger partial charge >= 0.3 is 0 Å². The molecule has 0 aliphatic heterocycles. The van der Waals surface area contributed by atoms with Gasteiger partial charge in [-0.1, -0.05) is 13.3 Å². The molecule has 0 aromatic carbocycles. The van der Waals surface area contributed by atoms with Gasteiger partial charge in [0.15, 0.2) is 0 Å². The standard InChI is InChI=1S/C11H17BrN4/c1-2-3-6-16(8-4-5-8)11-9(12)10(13)14-7-15-11/h7-8H,2-6H2,1H3,(H2,13,14,15). The van der Waals surface area contributed by atoms with E-state index in [-0.39, 0.29) is 0 Å². The Labute approximate surface area is 104 Å². The molecule has 0 spiro atoms. The van der Waals surface area contributed by atoms with E-state index in [0.717, 1.165) is 16.8 Å². The van der Waals surface area contributed by atoms with E-state index in [1.165, 1.54) is 32.0 Å². The number of anilines is 2. The zero-order valence-electron chi connectivity index (χ0n) is 9.49. The first-order valence-corrected chi connectivity index (χ1v) is 6.56. The molecule has 0 unspecified atom stereocenters. The maximum Gasteiger partial charge on any atom is 0.148 e. The zero-order valence-corrected chi connectivity index (χ0v) is 11.1. The average molecular weight is 285 g/mol. The van der Waals surface area contributed by atoms with Crippen molar-refractivity contribution in [3.8, 4) is 0 Å². The third-order valence-corrected chi connectivity index (χ3v) is 3.57. The molecular weight excluding hydrogens is 268 g/mol. The molecule has 16 heavy (non-hydrogen) atoms. The molecule has 0 bridgehead atoms. The van der Waals surface area contributed by atoms with E-state index in [0.29, 0.717) is 11.9 Å². The van der Waals surface area contributed by atoms with Crippen LogP contribution < -0.4 is 10.6 Å².